The summed E-state index contributed by atoms with van der Waals surface area (Å²) in [6.45, 7) is 0. The van der Waals surface area contributed by atoms with Gasteiger partial charge in [0.25, 0.3) is 0 Å². The van der Waals surface area contributed by atoms with Gasteiger partial charge in [0, 0.05) is 22.5 Å². The maximum absolute atomic E-state index is 14.2. The third-order valence-electron chi connectivity index (χ3n) is 3.23. The molecule has 20 heavy (non-hydrogen) atoms. The predicted molar refractivity (Wildman–Crippen MR) is 80.4 cm³/mol. The molecule has 0 spiro atoms. The molecule has 6 heteroatoms. The Morgan fingerprint density at radius 3 is 2.80 bits per heavy atom. The van der Waals surface area contributed by atoms with Crippen LogP contribution >= 0.6 is 34.5 Å². The van der Waals surface area contributed by atoms with Crippen molar-refractivity contribution in [3.63, 3.8) is 0 Å². The van der Waals surface area contributed by atoms with Crippen molar-refractivity contribution in [3.8, 4) is 0 Å². The summed E-state index contributed by atoms with van der Waals surface area (Å²) in [7, 11) is 0. The zero-order valence-corrected chi connectivity index (χ0v) is 12.6. The van der Waals surface area contributed by atoms with Crippen LogP contribution in [0.15, 0.2) is 24.3 Å². The number of rotatable bonds is 2. The lowest BCUT2D eigenvalue weighted by atomic mass is 9.98. The van der Waals surface area contributed by atoms with Crippen LogP contribution in [0.25, 0.3) is 0 Å². The standard InChI is InChI=1S/C14H10Cl2FNOS/c15-12-3-2-11(20-12)14(16)8-5-7-1-4-13(19)18-10(7)6-9(8)17/h2-3,5-6,14H,1,4H2,(H,18,19). The molecule has 2 aromatic rings. The van der Waals surface area contributed by atoms with Gasteiger partial charge in [0.1, 0.15) is 5.82 Å². The van der Waals surface area contributed by atoms with E-state index in [1.807, 2.05) is 0 Å². The smallest absolute Gasteiger partial charge is 0.224 e. The molecule has 104 valence electrons. The molecule has 0 bridgehead atoms. The highest BCUT2D eigenvalue weighted by Gasteiger charge is 2.22. The number of aryl methyl sites for hydroxylation is 1. The topological polar surface area (TPSA) is 29.1 Å². The van der Waals surface area contributed by atoms with E-state index in [1.165, 1.54) is 17.4 Å². The van der Waals surface area contributed by atoms with Crippen LogP contribution in [0, 0.1) is 5.82 Å². The lowest BCUT2D eigenvalue weighted by Gasteiger charge is -2.19. The van der Waals surface area contributed by atoms with E-state index in [-0.39, 0.29) is 5.91 Å². The molecule has 2 heterocycles. The number of hydrogen-bond donors (Lipinski definition) is 1. The fourth-order valence-corrected chi connectivity index (χ4v) is 3.66. The van der Waals surface area contributed by atoms with Gasteiger partial charge >= 0.3 is 0 Å². The van der Waals surface area contributed by atoms with E-state index in [2.05, 4.69) is 5.32 Å². The number of thiophene rings is 1. The molecule has 3 rings (SSSR count). The third kappa shape index (κ3) is 2.55. The maximum atomic E-state index is 14.2. The molecule has 1 N–H and O–H groups in total. The number of nitrogens with one attached hydrogen (secondary N) is 1. The predicted octanol–water partition coefficient (Wildman–Crippen LogP) is 4.75. The maximum Gasteiger partial charge on any atom is 0.224 e. The van der Waals surface area contributed by atoms with Crippen LogP contribution in [-0.2, 0) is 11.2 Å². The highest BCUT2D eigenvalue weighted by molar-refractivity contribution is 7.16. The van der Waals surface area contributed by atoms with Crippen LogP contribution in [0.2, 0.25) is 4.34 Å². The number of hydrogen-bond acceptors (Lipinski definition) is 2. The van der Waals surface area contributed by atoms with Gasteiger partial charge in [-0.15, -0.1) is 22.9 Å². The van der Waals surface area contributed by atoms with Gasteiger partial charge in [-0.2, -0.15) is 0 Å². The summed E-state index contributed by atoms with van der Waals surface area (Å²) in [5.74, 6) is -0.507. The molecule has 0 aliphatic carbocycles. The second-order valence-corrected chi connectivity index (χ2v) is 6.77. The fourth-order valence-electron chi connectivity index (χ4n) is 2.23. The molecule has 1 amide bonds. The average molecular weight is 330 g/mol. The van der Waals surface area contributed by atoms with E-state index < -0.39 is 11.2 Å². The first-order chi connectivity index (χ1) is 9.54. The van der Waals surface area contributed by atoms with Crippen molar-refractivity contribution < 1.29 is 9.18 Å². The second-order valence-electron chi connectivity index (χ2n) is 4.58. The first-order valence-electron chi connectivity index (χ1n) is 6.06. The summed E-state index contributed by atoms with van der Waals surface area (Å²) >= 11 is 13.6. The van der Waals surface area contributed by atoms with Gasteiger partial charge in [0.2, 0.25) is 5.91 Å². The summed E-state index contributed by atoms with van der Waals surface area (Å²) in [4.78, 5) is 12.1. The fraction of sp³-hybridized carbons (Fsp3) is 0.214. The van der Waals surface area contributed by atoms with Crippen LogP contribution in [0.1, 0.15) is 27.8 Å². The van der Waals surface area contributed by atoms with Crippen LogP contribution in [0.5, 0.6) is 0 Å². The monoisotopic (exact) mass is 329 g/mol. The minimum atomic E-state index is -0.574. The molecule has 0 fully saturated rings. The van der Waals surface area contributed by atoms with Crippen LogP contribution in [0.3, 0.4) is 0 Å². The molecule has 1 aromatic carbocycles. The number of carbonyl (C=O) groups is 1. The molecular formula is C14H10Cl2FNOS. The minimum Gasteiger partial charge on any atom is -0.326 e. The second kappa shape index (κ2) is 5.35. The quantitative estimate of drug-likeness (QED) is 0.791. The Bertz CT molecular complexity index is 686. The summed E-state index contributed by atoms with van der Waals surface area (Å²) in [6, 6.07) is 6.61. The van der Waals surface area contributed by atoms with Crippen molar-refractivity contribution in [2.45, 2.75) is 18.2 Å². The van der Waals surface area contributed by atoms with Crippen LogP contribution in [0.4, 0.5) is 10.1 Å². The van der Waals surface area contributed by atoms with Crippen molar-refractivity contribution in [3.05, 3.63) is 50.4 Å². The molecule has 0 saturated heterocycles. The molecule has 1 aromatic heterocycles. The summed E-state index contributed by atoms with van der Waals surface area (Å²) in [6.07, 6.45) is 1.01. The Balaban J connectivity index is 2.00. The molecule has 0 saturated carbocycles. The van der Waals surface area contributed by atoms with E-state index in [9.17, 15) is 9.18 Å². The van der Waals surface area contributed by atoms with Crippen molar-refractivity contribution in [2.75, 3.05) is 5.32 Å². The Kier molecular flexibility index (Phi) is 3.71. The Hall–Kier alpha value is -1.10. The molecule has 1 aliphatic heterocycles. The van der Waals surface area contributed by atoms with Crippen LogP contribution in [-0.4, -0.2) is 5.91 Å². The molecule has 1 unspecified atom stereocenters. The largest absolute Gasteiger partial charge is 0.326 e. The van der Waals surface area contributed by atoms with E-state index in [0.717, 1.165) is 10.4 Å². The zero-order chi connectivity index (χ0) is 14.3. The van der Waals surface area contributed by atoms with E-state index in [1.54, 1.807) is 18.2 Å². The van der Waals surface area contributed by atoms with E-state index in [0.29, 0.717) is 28.4 Å². The minimum absolute atomic E-state index is 0.0860. The molecular weight excluding hydrogens is 320 g/mol. The van der Waals surface area contributed by atoms with Crippen molar-refractivity contribution in [1.29, 1.82) is 0 Å². The number of alkyl halides is 1. The number of anilines is 1. The average Bonchev–Trinajstić information content (AvgIpc) is 2.84. The Morgan fingerprint density at radius 1 is 1.30 bits per heavy atom. The Morgan fingerprint density at radius 2 is 2.10 bits per heavy atom. The van der Waals surface area contributed by atoms with Crippen molar-refractivity contribution in [1.82, 2.24) is 0 Å². The number of benzene rings is 1. The molecule has 0 radical (unpaired) electrons. The third-order valence-corrected chi connectivity index (χ3v) is 5.13. The van der Waals surface area contributed by atoms with Gasteiger partial charge < -0.3 is 5.32 Å². The number of halogens is 3. The van der Waals surface area contributed by atoms with Gasteiger partial charge in [-0.05, 0) is 36.2 Å². The summed E-state index contributed by atoms with van der Waals surface area (Å²) < 4.78 is 14.8. The van der Waals surface area contributed by atoms with Crippen molar-refractivity contribution in [2.24, 2.45) is 0 Å². The zero-order valence-electron chi connectivity index (χ0n) is 10.3. The van der Waals surface area contributed by atoms with Gasteiger partial charge in [-0.25, -0.2) is 4.39 Å². The molecule has 1 atom stereocenters. The van der Waals surface area contributed by atoms with Gasteiger partial charge in [0.15, 0.2) is 0 Å². The van der Waals surface area contributed by atoms with Gasteiger partial charge in [-0.3, -0.25) is 4.79 Å². The van der Waals surface area contributed by atoms with Crippen molar-refractivity contribution >= 4 is 46.1 Å². The highest BCUT2D eigenvalue weighted by Crippen LogP contribution is 2.38. The normalized spacial score (nSPS) is 15.7. The van der Waals surface area contributed by atoms with Gasteiger partial charge in [-0.1, -0.05) is 11.6 Å². The lowest BCUT2D eigenvalue weighted by Crippen LogP contribution is -2.19. The number of carbonyl (C=O) groups excluding carboxylic acids is 1. The van der Waals surface area contributed by atoms with Crippen LogP contribution < -0.4 is 5.32 Å². The number of fused-ring (bicyclic) bond motifs is 1. The first kappa shape index (κ1) is 13.9. The molecule has 1 aliphatic rings. The van der Waals surface area contributed by atoms with Gasteiger partial charge in [0.05, 0.1) is 9.71 Å². The molecule has 2 nitrogen and oxygen atoms in total. The Labute approximate surface area is 129 Å². The van der Waals surface area contributed by atoms with E-state index >= 15 is 0 Å². The summed E-state index contributed by atoms with van der Waals surface area (Å²) in [5, 5.41) is 2.10. The van der Waals surface area contributed by atoms with E-state index in [4.69, 9.17) is 23.2 Å². The first-order valence-corrected chi connectivity index (χ1v) is 7.69. The number of amides is 1. The lowest BCUT2D eigenvalue weighted by molar-refractivity contribution is -0.116. The SMILES string of the molecule is O=C1CCc2cc(C(Cl)c3ccc(Cl)s3)c(F)cc2N1. The summed E-state index contributed by atoms with van der Waals surface area (Å²) in [5.41, 5.74) is 1.87. The highest BCUT2D eigenvalue weighted by atomic mass is 35.5.